The van der Waals surface area contributed by atoms with Gasteiger partial charge in [-0.3, -0.25) is 4.79 Å². The number of nitrogens with zero attached hydrogens (tertiary/aromatic N) is 3. The van der Waals surface area contributed by atoms with Gasteiger partial charge in [-0.15, -0.1) is 10.2 Å². The zero-order chi connectivity index (χ0) is 20.9. The van der Waals surface area contributed by atoms with E-state index in [2.05, 4.69) is 15.5 Å². The van der Waals surface area contributed by atoms with E-state index >= 15 is 0 Å². The highest BCUT2D eigenvalue weighted by Gasteiger charge is 2.30. The number of amides is 1. The molecule has 1 heterocycles. The number of hydrogen-bond acceptors (Lipinski definition) is 4. The minimum Gasteiger partial charge on any atom is -0.325 e. The summed E-state index contributed by atoms with van der Waals surface area (Å²) in [5, 5.41) is 11.3. The number of carbonyl (C=O) groups is 1. The van der Waals surface area contributed by atoms with Crippen molar-refractivity contribution in [2.75, 3.05) is 11.1 Å². The second kappa shape index (κ2) is 9.13. The lowest BCUT2D eigenvalue weighted by atomic mass is 10.1. The Balaban J connectivity index is 1.58. The Morgan fingerprint density at radius 2 is 1.86 bits per heavy atom. The molecule has 0 fully saturated rings. The minimum absolute atomic E-state index is 0.0136. The molecular weight excluding hydrogens is 401 g/mol. The summed E-state index contributed by atoms with van der Waals surface area (Å²) >= 11 is 1.20. The first-order chi connectivity index (χ1) is 13.8. The molecule has 0 aliphatic carbocycles. The second-order valence-electron chi connectivity index (χ2n) is 6.33. The van der Waals surface area contributed by atoms with Crippen LogP contribution in [0, 0.1) is 6.92 Å². The Kier molecular flexibility index (Phi) is 6.58. The number of halogens is 3. The van der Waals surface area contributed by atoms with Crippen LogP contribution in [0.3, 0.4) is 0 Å². The molecule has 1 N–H and O–H groups in total. The van der Waals surface area contributed by atoms with Crippen molar-refractivity contribution in [2.24, 2.45) is 0 Å². The maximum atomic E-state index is 12.8. The van der Waals surface area contributed by atoms with E-state index in [1.54, 1.807) is 0 Å². The standard InChI is InChI=1S/C20H19F3N4OS/c1-14-25-26-19(27(14)11-10-15-6-3-2-4-7-15)29-13-18(28)24-17-9-5-8-16(12-17)20(21,22)23/h2-9,12H,10-11,13H2,1H3,(H,24,28). The fraction of sp³-hybridized carbons (Fsp3) is 0.250. The van der Waals surface area contributed by atoms with Gasteiger partial charge >= 0.3 is 6.18 Å². The topological polar surface area (TPSA) is 59.8 Å². The fourth-order valence-electron chi connectivity index (χ4n) is 2.71. The van der Waals surface area contributed by atoms with Crippen LogP contribution < -0.4 is 5.32 Å². The Morgan fingerprint density at radius 1 is 1.10 bits per heavy atom. The fourth-order valence-corrected chi connectivity index (χ4v) is 3.52. The molecule has 1 amide bonds. The molecule has 0 atom stereocenters. The van der Waals surface area contributed by atoms with Crippen LogP contribution in [-0.4, -0.2) is 26.4 Å². The molecule has 0 saturated carbocycles. The van der Waals surface area contributed by atoms with Gasteiger partial charge in [0.25, 0.3) is 0 Å². The van der Waals surface area contributed by atoms with Crippen LogP contribution in [0.4, 0.5) is 18.9 Å². The van der Waals surface area contributed by atoms with E-state index in [1.807, 2.05) is 41.8 Å². The highest BCUT2D eigenvalue weighted by molar-refractivity contribution is 7.99. The van der Waals surface area contributed by atoms with Crippen molar-refractivity contribution in [1.82, 2.24) is 14.8 Å². The van der Waals surface area contributed by atoms with Crippen molar-refractivity contribution in [1.29, 1.82) is 0 Å². The molecule has 0 unspecified atom stereocenters. The van der Waals surface area contributed by atoms with Crippen LogP contribution >= 0.6 is 11.8 Å². The second-order valence-corrected chi connectivity index (χ2v) is 7.27. The molecule has 29 heavy (non-hydrogen) atoms. The van der Waals surface area contributed by atoms with Crippen LogP contribution in [0.15, 0.2) is 59.8 Å². The smallest absolute Gasteiger partial charge is 0.325 e. The number of nitrogens with one attached hydrogen (secondary N) is 1. The largest absolute Gasteiger partial charge is 0.416 e. The van der Waals surface area contributed by atoms with Crippen LogP contribution in [-0.2, 0) is 23.9 Å². The number of aromatic nitrogens is 3. The number of benzene rings is 2. The van der Waals surface area contributed by atoms with Crippen LogP contribution in [0.1, 0.15) is 17.0 Å². The summed E-state index contributed by atoms with van der Waals surface area (Å²) in [5.41, 5.74) is 0.477. The number of hydrogen-bond donors (Lipinski definition) is 1. The highest BCUT2D eigenvalue weighted by Crippen LogP contribution is 2.30. The average Bonchev–Trinajstić information content (AvgIpc) is 3.05. The van der Waals surface area contributed by atoms with Crippen molar-refractivity contribution in [3.8, 4) is 0 Å². The predicted octanol–water partition coefficient (Wildman–Crippen LogP) is 4.58. The number of alkyl halides is 3. The van der Waals surface area contributed by atoms with Crippen molar-refractivity contribution < 1.29 is 18.0 Å². The predicted molar refractivity (Wildman–Crippen MR) is 106 cm³/mol. The van der Waals surface area contributed by atoms with E-state index in [-0.39, 0.29) is 11.4 Å². The molecule has 0 aliphatic rings. The first-order valence-electron chi connectivity index (χ1n) is 8.86. The normalized spacial score (nSPS) is 11.4. The van der Waals surface area contributed by atoms with Gasteiger partial charge in [0.2, 0.25) is 5.91 Å². The van der Waals surface area contributed by atoms with E-state index in [0.717, 1.165) is 24.4 Å². The van der Waals surface area contributed by atoms with Gasteiger partial charge in [-0.25, -0.2) is 0 Å². The zero-order valence-corrected chi connectivity index (χ0v) is 16.4. The van der Waals surface area contributed by atoms with Crippen LogP contribution in [0.25, 0.3) is 0 Å². The molecule has 0 bridgehead atoms. The van der Waals surface area contributed by atoms with Gasteiger partial charge in [0.15, 0.2) is 5.16 Å². The highest BCUT2D eigenvalue weighted by atomic mass is 32.2. The minimum atomic E-state index is -4.46. The van der Waals surface area contributed by atoms with E-state index in [0.29, 0.717) is 11.7 Å². The van der Waals surface area contributed by atoms with Crippen molar-refractivity contribution in [3.05, 3.63) is 71.5 Å². The number of carbonyl (C=O) groups excluding carboxylic acids is 1. The monoisotopic (exact) mass is 420 g/mol. The Bertz CT molecular complexity index is 973. The number of aryl methyl sites for hydroxylation is 2. The molecule has 3 rings (SSSR count). The number of rotatable bonds is 7. The number of thioether (sulfide) groups is 1. The summed E-state index contributed by atoms with van der Waals surface area (Å²) < 4.78 is 40.3. The van der Waals surface area contributed by atoms with Crippen molar-refractivity contribution >= 4 is 23.4 Å². The first kappa shape index (κ1) is 20.9. The van der Waals surface area contributed by atoms with Crippen LogP contribution in [0.5, 0.6) is 0 Å². The third-order valence-corrected chi connectivity index (χ3v) is 5.14. The zero-order valence-electron chi connectivity index (χ0n) is 15.6. The lowest BCUT2D eigenvalue weighted by Crippen LogP contribution is -2.15. The van der Waals surface area contributed by atoms with E-state index < -0.39 is 17.6 Å². The SMILES string of the molecule is Cc1nnc(SCC(=O)Nc2cccc(C(F)(F)F)c2)n1CCc1ccccc1. The summed E-state index contributed by atoms with van der Waals surface area (Å²) in [6.07, 6.45) is -3.66. The molecule has 2 aromatic carbocycles. The quantitative estimate of drug-likeness (QED) is 0.569. The summed E-state index contributed by atoms with van der Waals surface area (Å²) in [4.78, 5) is 12.2. The molecule has 9 heteroatoms. The summed E-state index contributed by atoms with van der Waals surface area (Å²) in [5.74, 6) is 0.339. The third-order valence-electron chi connectivity index (χ3n) is 4.17. The van der Waals surface area contributed by atoms with E-state index in [4.69, 9.17) is 0 Å². The van der Waals surface area contributed by atoms with E-state index in [9.17, 15) is 18.0 Å². The Hall–Kier alpha value is -2.81. The van der Waals surface area contributed by atoms with Gasteiger partial charge < -0.3 is 9.88 Å². The van der Waals surface area contributed by atoms with Crippen LogP contribution in [0.2, 0.25) is 0 Å². The molecule has 0 saturated heterocycles. The van der Waals surface area contributed by atoms with E-state index in [1.165, 1.54) is 29.5 Å². The molecule has 0 aliphatic heterocycles. The van der Waals surface area contributed by atoms with Gasteiger partial charge in [-0.1, -0.05) is 48.2 Å². The maximum Gasteiger partial charge on any atom is 0.416 e. The van der Waals surface area contributed by atoms with Gasteiger partial charge in [0, 0.05) is 12.2 Å². The summed E-state index contributed by atoms with van der Waals surface area (Å²) in [6.45, 7) is 2.51. The molecular formula is C20H19F3N4OS. The summed E-state index contributed by atoms with van der Waals surface area (Å²) in [6, 6.07) is 14.5. The Morgan fingerprint density at radius 3 is 2.59 bits per heavy atom. The van der Waals surface area contributed by atoms with Gasteiger partial charge in [-0.05, 0) is 37.1 Å². The first-order valence-corrected chi connectivity index (χ1v) is 9.85. The third kappa shape index (κ3) is 5.83. The lowest BCUT2D eigenvalue weighted by molar-refractivity contribution is -0.137. The van der Waals surface area contributed by atoms with Crippen molar-refractivity contribution in [2.45, 2.75) is 31.2 Å². The van der Waals surface area contributed by atoms with Crippen molar-refractivity contribution in [3.63, 3.8) is 0 Å². The molecule has 0 spiro atoms. The van der Waals surface area contributed by atoms with Gasteiger partial charge in [0.05, 0.1) is 11.3 Å². The molecule has 0 radical (unpaired) electrons. The molecule has 3 aromatic rings. The van der Waals surface area contributed by atoms with Gasteiger partial charge in [0.1, 0.15) is 5.82 Å². The lowest BCUT2D eigenvalue weighted by Gasteiger charge is -2.10. The number of anilines is 1. The van der Waals surface area contributed by atoms with Gasteiger partial charge in [-0.2, -0.15) is 13.2 Å². The molecule has 152 valence electrons. The summed E-state index contributed by atoms with van der Waals surface area (Å²) in [7, 11) is 0. The molecule has 1 aromatic heterocycles. The molecule has 5 nitrogen and oxygen atoms in total. The average molecular weight is 420 g/mol. The Labute approximate surface area is 170 Å². The maximum absolute atomic E-state index is 12.8.